The van der Waals surface area contributed by atoms with Crippen molar-refractivity contribution < 1.29 is 23.1 Å². The third-order valence-corrected chi connectivity index (χ3v) is 6.19. The third kappa shape index (κ3) is 6.17. The SMILES string of the molecule is O=C(O)C(CCNS(=O)(=O)CCc1ccccc1)Oc1cccc2c1CCC=C2. The molecular formula is C22H25NO5S. The van der Waals surface area contributed by atoms with Crippen molar-refractivity contribution in [3.8, 4) is 5.75 Å². The zero-order chi connectivity index (χ0) is 20.7. The van der Waals surface area contributed by atoms with Gasteiger partial charge in [0.2, 0.25) is 10.0 Å². The van der Waals surface area contributed by atoms with E-state index in [9.17, 15) is 18.3 Å². The van der Waals surface area contributed by atoms with Gasteiger partial charge >= 0.3 is 5.97 Å². The second-order valence-corrected chi connectivity index (χ2v) is 8.87. The van der Waals surface area contributed by atoms with Gasteiger partial charge in [0.25, 0.3) is 0 Å². The minimum absolute atomic E-state index is 0.00299. The molecule has 1 aliphatic carbocycles. The van der Waals surface area contributed by atoms with Crippen molar-refractivity contribution in [2.75, 3.05) is 12.3 Å². The van der Waals surface area contributed by atoms with Crippen molar-refractivity contribution in [3.05, 3.63) is 71.3 Å². The molecule has 2 aromatic rings. The molecule has 0 saturated heterocycles. The molecule has 0 spiro atoms. The van der Waals surface area contributed by atoms with E-state index in [1.807, 2.05) is 48.5 Å². The number of aliphatic carboxylic acids is 1. The number of ether oxygens (including phenoxy) is 1. The summed E-state index contributed by atoms with van der Waals surface area (Å²) in [4.78, 5) is 11.6. The van der Waals surface area contributed by atoms with Gasteiger partial charge in [-0.1, -0.05) is 54.6 Å². The predicted octanol–water partition coefficient (Wildman–Crippen LogP) is 3.03. The van der Waals surface area contributed by atoms with Crippen molar-refractivity contribution in [2.45, 2.75) is 31.8 Å². The van der Waals surface area contributed by atoms with E-state index in [0.717, 1.165) is 29.5 Å². The maximum Gasteiger partial charge on any atom is 0.344 e. The van der Waals surface area contributed by atoms with Crippen LogP contribution >= 0.6 is 0 Å². The number of rotatable bonds is 10. The lowest BCUT2D eigenvalue weighted by Gasteiger charge is -2.20. The highest BCUT2D eigenvalue weighted by molar-refractivity contribution is 7.89. The van der Waals surface area contributed by atoms with E-state index in [2.05, 4.69) is 10.8 Å². The summed E-state index contributed by atoms with van der Waals surface area (Å²) in [5, 5.41) is 9.50. The third-order valence-electron chi connectivity index (χ3n) is 4.80. The molecular weight excluding hydrogens is 390 g/mol. The smallest absolute Gasteiger partial charge is 0.344 e. The van der Waals surface area contributed by atoms with Gasteiger partial charge in [0.1, 0.15) is 5.75 Å². The minimum atomic E-state index is -3.50. The van der Waals surface area contributed by atoms with Crippen molar-refractivity contribution >= 4 is 22.1 Å². The quantitative estimate of drug-likeness (QED) is 0.622. The number of benzene rings is 2. The average molecular weight is 416 g/mol. The Balaban J connectivity index is 1.55. The molecule has 1 unspecified atom stereocenters. The van der Waals surface area contributed by atoms with Crippen molar-refractivity contribution in [2.24, 2.45) is 0 Å². The van der Waals surface area contributed by atoms with Crippen molar-refractivity contribution in [3.63, 3.8) is 0 Å². The van der Waals surface area contributed by atoms with Crippen LogP contribution in [0.2, 0.25) is 0 Å². The highest BCUT2D eigenvalue weighted by Crippen LogP contribution is 2.29. The topological polar surface area (TPSA) is 92.7 Å². The lowest BCUT2D eigenvalue weighted by Crippen LogP contribution is -2.35. The zero-order valence-corrected chi connectivity index (χ0v) is 16.9. The van der Waals surface area contributed by atoms with Crippen LogP contribution in [0, 0.1) is 0 Å². The lowest BCUT2D eigenvalue weighted by atomic mass is 9.96. The maximum atomic E-state index is 12.2. The number of nitrogens with one attached hydrogen (secondary N) is 1. The van der Waals surface area contributed by atoms with Gasteiger partial charge in [-0.25, -0.2) is 17.9 Å². The molecule has 0 bridgehead atoms. The summed E-state index contributed by atoms with van der Waals surface area (Å²) in [5.41, 5.74) is 2.96. The second-order valence-electron chi connectivity index (χ2n) is 6.95. The van der Waals surface area contributed by atoms with E-state index in [4.69, 9.17) is 4.74 Å². The first-order valence-corrected chi connectivity index (χ1v) is 11.3. The van der Waals surface area contributed by atoms with E-state index in [0.29, 0.717) is 12.2 Å². The summed E-state index contributed by atoms with van der Waals surface area (Å²) in [6, 6.07) is 14.9. The molecule has 0 radical (unpaired) electrons. The van der Waals surface area contributed by atoms with E-state index in [1.165, 1.54) is 0 Å². The molecule has 1 atom stereocenters. The highest BCUT2D eigenvalue weighted by Gasteiger charge is 2.22. The zero-order valence-electron chi connectivity index (χ0n) is 16.1. The summed E-state index contributed by atoms with van der Waals surface area (Å²) in [6.07, 6.45) is 5.07. The molecule has 0 aliphatic heterocycles. The number of hydrogen-bond acceptors (Lipinski definition) is 4. The predicted molar refractivity (Wildman–Crippen MR) is 112 cm³/mol. The Bertz CT molecular complexity index is 970. The van der Waals surface area contributed by atoms with Gasteiger partial charge in [-0.15, -0.1) is 0 Å². The van der Waals surface area contributed by atoms with E-state index in [1.54, 1.807) is 6.07 Å². The Morgan fingerprint density at radius 2 is 1.93 bits per heavy atom. The fraction of sp³-hybridized carbons (Fsp3) is 0.318. The number of carboxylic acid groups (broad SMARTS) is 1. The van der Waals surface area contributed by atoms with Gasteiger partial charge in [-0.2, -0.15) is 0 Å². The Hall–Kier alpha value is -2.64. The molecule has 1 aliphatic rings. The molecule has 0 fully saturated rings. The van der Waals surface area contributed by atoms with Crippen LogP contribution in [0.4, 0.5) is 0 Å². The van der Waals surface area contributed by atoms with Gasteiger partial charge in [0.15, 0.2) is 6.10 Å². The molecule has 154 valence electrons. The normalized spacial score (nSPS) is 14.2. The standard InChI is InChI=1S/C22H25NO5S/c24-22(25)21(28-20-12-6-10-18-9-4-5-11-19(18)20)13-15-23-29(26,27)16-14-17-7-2-1-3-8-17/h1-4,6-10,12,21,23H,5,11,13-16H2,(H,24,25). The van der Waals surface area contributed by atoms with Gasteiger partial charge in [0.05, 0.1) is 5.75 Å². The van der Waals surface area contributed by atoms with Crippen LogP contribution in [-0.2, 0) is 27.7 Å². The van der Waals surface area contributed by atoms with Gasteiger partial charge in [-0.3, -0.25) is 0 Å². The van der Waals surface area contributed by atoms with E-state index < -0.39 is 22.1 Å². The van der Waals surface area contributed by atoms with Crippen LogP contribution in [0.25, 0.3) is 6.08 Å². The minimum Gasteiger partial charge on any atom is -0.479 e. The molecule has 0 saturated carbocycles. The summed E-state index contributed by atoms with van der Waals surface area (Å²) in [6.45, 7) is 0.00299. The molecule has 2 aromatic carbocycles. The Labute approximate surface area is 171 Å². The van der Waals surface area contributed by atoms with Crippen LogP contribution in [0.1, 0.15) is 29.5 Å². The molecule has 0 heterocycles. The Morgan fingerprint density at radius 1 is 1.14 bits per heavy atom. The summed E-state index contributed by atoms with van der Waals surface area (Å²) in [5.74, 6) is -0.614. The first-order chi connectivity index (χ1) is 13.9. The average Bonchev–Trinajstić information content (AvgIpc) is 2.72. The monoisotopic (exact) mass is 415 g/mol. The van der Waals surface area contributed by atoms with Crippen LogP contribution in [0.3, 0.4) is 0 Å². The molecule has 7 heteroatoms. The number of fused-ring (bicyclic) bond motifs is 1. The fourth-order valence-electron chi connectivity index (χ4n) is 3.26. The first kappa shape index (κ1) is 21.1. The molecule has 29 heavy (non-hydrogen) atoms. The number of sulfonamides is 1. The van der Waals surface area contributed by atoms with E-state index >= 15 is 0 Å². The van der Waals surface area contributed by atoms with Crippen molar-refractivity contribution in [1.29, 1.82) is 0 Å². The highest BCUT2D eigenvalue weighted by atomic mass is 32.2. The first-order valence-electron chi connectivity index (χ1n) is 9.64. The molecule has 2 N–H and O–H groups in total. The second kappa shape index (κ2) is 9.71. The number of aryl methyl sites for hydroxylation is 1. The number of hydrogen-bond donors (Lipinski definition) is 2. The summed E-state index contributed by atoms with van der Waals surface area (Å²) >= 11 is 0. The molecule has 6 nitrogen and oxygen atoms in total. The molecule has 3 rings (SSSR count). The summed E-state index contributed by atoms with van der Waals surface area (Å²) < 4.78 is 32.6. The lowest BCUT2D eigenvalue weighted by molar-refractivity contribution is -0.145. The number of allylic oxidation sites excluding steroid dienone is 1. The molecule has 0 aromatic heterocycles. The van der Waals surface area contributed by atoms with Crippen LogP contribution < -0.4 is 9.46 Å². The molecule has 0 amide bonds. The number of carbonyl (C=O) groups is 1. The van der Waals surface area contributed by atoms with Gasteiger partial charge < -0.3 is 9.84 Å². The van der Waals surface area contributed by atoms with Crippen molar-refractivity contribution in [1.82, 2.24) is 4.72 Å². The maximum absolute atomic E-state index is 12.2. The van der Waals surface area contributed by atoms with Crippen LogP contribution in [-0.4, -0.2) is 37.9 Å². The largest absolute Gasteiger partial charge is 0.479 e. The van der Waals surface area contributed by atoms with Crippen LogP contribution in [0.5, 0.6) is 5.75 Å². The van der Waals surface area contributed by atoms with Crippen LogP contribution in [0.15, 0.2) is 54.6 Å². The Kier molecular flexibility index (Phi) is 7.06. The summed E-state index contributed by atoms with van der Waals surface area (Å²) in [7, 11) is -3.50. The number of carboxylic acids is 1. The van der Waals surface area contributed by atoms with E-state index in [-0.39, 0.29) is 18.7 Å². The Morgan fingerprint density at radius 3 is 2.69 bits per heavy atom. The van der Waals surface area contributed by atoms with Gasteiger partial charge in [0, 0.05) is 18.5 Å². The fourth-order valence-corrected chi connectivity index (χ4v) is 4.33. The van der Waals surface area contributed by atoms with Gasteiger partial charge in [-0.05, 0) is 36.5 Å².